The van der Waals surface area contributed by atoms with E-state index in [0.29, 0.717) is 10.9 Å². The highest BCUT2D eigenvalue weighted by Crippen LogP contribution is 2.20. The van der Waals surface area contributed by atoms with Crippen molar-refractivity contribution in [2.75, 3.05) is 0 Å². The van der Waals surface area contributed by atoms with E-state index in [4.69, 9.17) is 5.73 Å². The quantitative estimate of drug-likeness (QED) is 0.784. The van der Waals surface area contributed by atoms with Crippen molar-refractivity contribution in [2.24, 2.45) is 5.73 Å². The van der Waals surface area contributed by atoms with Gasteiger partial charge in [-0.05, 0) is 44.4 Å². The number of allylic oxidation sites excluding steroid dienone is 3. The Kier molecular flexibility index (Phi) is 6.92. The zero-order valence-electron chi connectivity index (χ0n) is 15.6. The van der Waals surface area contributed by atoms with E-state index in [9.17, 15) is 9.59 Å². The predicted octanol–water partition coefficient (Wildman–Crippen LogP) is 3.63. The van der Waals surface area contributed by atoms with E-state index in [1.165, 1.54) is 11.6 Å². The highest BCUT2D eigenvalue weighted by Gasteiger charge is 2.13. The summed E-state index contributed by atoms with van der Waals surface area (Å²) in [4.78, 5) is 27.5. The van der Waals surface area contributed by atoms with Crippen LogP contribution in [0.25, 0.3) is 10.9 Å². The molecule has 1 aliphatic rings. The number of aromatic amines is 1. The molecular weight excluding hydrogens is 326 g/mol. The molecule has 0 fully saturated rings. The monoisotopic (exact) mass is 353 g/mol. The van der Waals surface area contributed by atoms with Crippen LogP contribution in [0.5, 0.6) is 0 Å². The number of rotatable bonds is 4. The smallest absolute Gasteiger partial charge is 0.271 e. The van der Waals surface area contributed by atoms with Crippen LogP contribution in [0.15, 0.2) is 58.5 Å². The SMILES string of the molecule is CC.CC(N)CC1=CC=C(NC(=O)c2cc(=O)c3ccccc3[nH]2)CC1. The molecule has 0 aliphatic heterocycles. The molecule has 1 aliphatic carbocycles. The van der Waals surface area contributed by atoms with Crippen molar-refractivity contribution >= 4 is 16.8 Å². The molecule has 0 bridgehead atoms. The maximum Gasteiger partial charge on any atom is 0.271 e. The highest BCUT2D eigenvalue weighted by atomic mass is 16.2. The van der Waals surface area contributed by atoms with Gasteiger partial charge in [0.1, 0.15) is 5.69 Å². The molecule has 1 atom stereocenters. The largest absolute Gasteiger partial charge is 0.350 e. The number of nitrogens with one attached hydrogen (secondary N) is 2. The van der Waals surface area contributed by atoms with Crippen LogP contribution in [-0.2, 0) is 0 Å². The number of amides is 1. The maximum absolute atomic E-state index is 12.4. The topological polar surface area (TPSA) is 88.0 Å². The summed E-state index contributed by atoms with van der Waals surface area (Å²) in [6.45, 7) is 5.98. The lowest BCUT2D eigenvalue weighted by atomic mass is 9.97. The fraction of sp³-hybridized carbons (Fsp3) is 0.333. The van der Waals surface area contributed by atoms with Crippen molar-refractivity contribution in [3.63, 3.8) is 0 Å². The van der Waals surface area contributed by atoms with Gasteiger partial charge in [-0.1, -0.05) is 37.6 Å². The lowest BCUT2D eigenvalue weighted by Gasteiger charge is -2.17. The van der Waals surface area contributed by atoms with Gasteiger partial charge in [-0.2, -0.15) is 0 Å². The van der Waals surface area contributed by atoms with Gasteiger partial charge in [0, 0.05) is 28.7 Å². The number of hydrogen-bond donors (Lipinski definition) is 3. The summed E-state index contributed by atoms with van der Waals surface area (Å²) < 4.78 is 0. The van der Waals surface area contributed by atoms with Crippen molar-refractivity contribution in [2.45, 2.75) is 46.1 Å². The minimum atomic E-state index is -0.298. The van der Waals surface area contributed by atoms with Crippen LogP contribution < -0.4 is 16.5 Å². The highest BCUT2D eigenvalue weighted by molar-refractivity contribution is 5.95. The zero-order chi connectivity index (χ0) is 19.1. The van der Waals surface area contributed by atoms with E-state index in [1.807, 2.05) is 39.0 Å². The third-order valence-electron chi connectivity index (χ3n) is 4.08. The summed E-state index contributed by atoms with van der Waals surface area (Å²) in [5, 5.41) is 3.46. The van der Waals surface area contributed by atoms with Crippen molar-refractivity contribution in [1.82, 2.24) is 10.3 Å². The van der Waals surface area contributed by atoms with E-state index in [2.05, 4.69) is 10.3 Å². The molecule has 5 nitrogen and oxygen atoms in total. The Labute approximate surface area is 154 Å². The first-order valence-electron chi connectivity index (χ1n) is 9.10. The molecule has 0 spiro atoms. The van der Waals surface area contributed by atoms with Gasteiger partial charge in [-0.3, -0.25) is 9.59 Å². The average molecular weight is 353 g/mol. The Morgan fingerprint density at radius 3 is 2.62 bits per heavy atom. The Morgan fingerprint density at radius 1 is 1.23 bits per heavy atom. The molecule has 4 N–H and O–H groups in total. The van der Waals surface area contributed by atoms with Crippen molar-refractivity contribution in [3.8, 4) is 0 Å². The molecule has 3 rings (SSSR count). The minimum Gasteiger partial charge on any atom is -0.350 e. The third-order valence-corrected chi connectivity index (χ3v) is 4.08. The molecular formula is C21H27N3O2. The van der Waals surface area contributed by atoms with E-state index in [-0.39, 0.29) is 23.1 Å². The number of nitrogens with two attached hydrogens (primary N) is 1. The summed E-state index contributed by atoms with van der Waals surface area (Å²) in [5.74, 6) is -0.298. The predicted molar refractivity (Wildman–Crippen MR) is 107 cm³/mol. The molecule has 1 aromatic carbocycles. The van der Waals surface area contributed by atoms with Gasteiger partial charge in [-0.25, -0.2) is 0 Å². The summed E-state index contributed by atoms with van der Waals surface area (Å²) in [6.07, 6.45) is 6.46. The average Bonchev–Trinajstić information content (AvgIpc) is 2.64. The van der Waals surface area contributed by atoms with E-state index < -0.39 is 0 Å². The van der Waals surface area contributed by atoms with E-state index in [0.717, 1.165) is 25.0 Å². The minimum absolute atomic E-state index is 0.142. The zero-order valence-corrected chi connectivity index (χ0v) is 15.6. The lowest BCUT2D eigenvalue weighted by molar-refractivity contribution is 0.0959. The number of benzene rings is 1. The molecule has 1 heterocycles. The third kappa shape index (κ3) is 4.92. The number of pyridine rings is 1. The first-order chi connectivity index (χ1) is 12.5. The molecule has 1 amide bonds. The fourth-order valence-electron chi connectivity index (χ4n) is 2.90. The molecule has 2 aromatic rings. The van der Waals surface area contributed by atoms with Gasteiger partial charge in [-0.15, -0.1) is 0 Å². The summed E-state index contributed by atoms with van der Waals surface area (Å²) in [5.41, 5.74) is 8.72. The number of hydrogen-bond acceptors (Lipinski definition) is 3. The number of fused-ring (bicyclic) bond motifs is 1. The fourth-order valence-corrected chi connectivity index (χ4v) is 2.90. The number of carbonyl (C=O) groups is 1. The van der Waals surface area contributed by atoms with Crippen molar-refractivity contribution in [3.05, 3.63) is 69.7 Å². The van der Waals surface area contributed by atoms with Crippen LogP contribution in [-0.4, -0.2) is 16.9 Å². The Balaban J connectivity index is 0.00000117. The number of carbonyl (C=O) groups excluding carboxylic acids is 1. The van der Waals surface area contributed by atoms with Crippen molar-refractivity contribution < 1.29 is 4.79 Å². The van der Waals surface area contributed by atoms with E-state index >= 15 is 0 Å². The second-order valence-corrected chi connectivity index (χ2v) is 6.25. The molecule has 0 radical (unpaired) electrons. The molecule has 5 heteroatoms. The molecule has 138 valence electrons. The number of para-hydroxylation sites is 1. The van der Waals surface area contributed by atoms with Crippen LogP contribution in [0.1, 0.15) is 50.5 Å². The first-order valence-corrected chi connectivity index (χ1v) is 9.10. The van der Waals surface area contributed by atoms with Crippen LogP contribution in [0.3, 0.4) is 0 Å². The second-order valence-electron chi connectivity index (χ2n) is 6.25. The van der Waals surface area contributed by atoms with Gasteiger partial charge in [0.25, 0.3) is 5.91 Å². The van der Waals surface area contributed by atoms with Crippen molar-refractivity contribution in [1.29, 1.82) is 0 Å². The summed E-state index contributed by atoms with van der Waals surface area (Å²) >= 11 is 0. The van der Waals surface area contributed by atoms with E-state index in [1.54, 1.807) is 18.2 Å². The normalized spacial score (nSPS) is 14.6. The summed E-state index contributed by atoms with van der Waals surface area (Å²) in [6, 6.07) is 8.65. The van der Waals surface area contributed by atoms with Crippen LogP contribution >= 0.6 is 0 Å². The van der Waals surface area contributed by atoms with Crippen LogP contribution in [0.2, 0.25) is 0 Å². The van der Waals surface area contributed by atoms with Gasteiger partial charge < -0.3 is 16.0 Å². The van der Waals surface area contributed by atoms with Gasteiger partial charge >= 0.3 is 0 Å². The summed E-state index contributed by atoms with van der Waals surface area (Å²) in [7, 11) is 0. The Hall–Kier alpha value is -2.66. The maximum atomic E-state index is 12.4. The number of aromatic nitrogens is 1. The Bertz CT molecular complexity index is 892. The molecule has 0 saturated heterocycles. The van der Waals surface area contributed by atoms with Gasteiger partial charge in [0.15, 0.2) is 5.43 Å². The molecule has 1 unspecified atom stereocenters. The van der Waals surface area contributed by atoms with Crippen LogP contribution in [0, 0.1) is 0 Å². The Morgan fingerprint density at radius 2 is 1.96 bits per heavy atom. The molecule has 0 saturated carbocycles. The first kappa shape index (κ1) is 19.7. The van der Waals surface area contributed by atoms with Crippen LogP contribution in [0.4, 0.5) is 0 Å². The lowest BCUT2D eigenvalue weighted by Crippen LogP contribution is -2.26. The molecule has 26 heavy (non-hydrogen) atoms. The second kappa shape index (κ2) is 9.15. The number of H-pyrrole nitrogens is 1. The molecule has 1 aromatic heterocycles. The standard InChI is InChI=1S/C19H21N3O2.C2H6/c1-12(20)10-13-6-8-14(9-7-13)21-19(24)17-11-18(23)15-4-2-3-5-16(15)22-17;1-2/h2-6,8,11-12H,7,9-10,20H2,1H3,(H,21,24)(H,22,23);1-2H3. The van der Waals surface area contributed by atoms with Gasteiger partial charge in [0.05, 0.1) is 0 Å². The van der Waals surface area contributed by atoms with Gasteiger partial charge in [0.2, 0.25) is 0 Å².